The van der Waals surface area contributed by atoms with Crippen LogP contribution in [0, 0.1) is 6.92 Å². The lowest BCUT2D eigenvalue weighted by Crippen LogP contribution is -1.98. The van der Waals surface area contributed by atoms with Crippen LogP contribution in [0.25, 0.3) is 11.3 Å². The predicted molar refractivity (Wildman–Crippen MR) is 97.7 cm³/mol. The number of anilines is 1. The van der Waals surface area contributed by atoms with Gasteiger partial charge in [-0.05, 0) is 55.0 Å². The molecule has 0 atom stereocenters. The molecule has 118 valence electrons. The highest BCUT2D eigenvalue weighted by molar-refractivity contribution is 6.36. The Morgan fingerprint density at radius 3 is 2.48 bits per heavy atom. The van der Waals surface area contributed by atoms with Gasteiger partial charge in [-0.15, -0.1) is 0 Å². The summed E-state index contributed by atoms with van der Waals surface area (Å²) in [6.45, 7) is 2.53. The fraction of sp³-hybridized carbons (Fsp3) is 0.111. The van der Waals surface area contributed by atoms with Gasteiger partial charge in [0, 0.05) is 21.3 Å². The second-order valence-corrected chi connectivity index (χ2v) is 6.46. The van der Waals surface area contributed by atoms with Gasteiger partial charge in [-0.3, -0.25) is 0 Å². The smallest absolute Gasteiger partial charge is 0.135 e. The Morgan fingerprint density at radius 2 is 1.74 bits per heavy atom. The lowest BCUT2D eigenvalue weighted by Gasteiger charge is -2.06. The third-order valence-corrected chi connectivity index (χ3v) is 4.45. The molecule has 1 aromatic heterocycles. The molecule has 0 spiro atoms. The quantitative estimate of drug-likeness (QED) is 0.547. The molecule has 0 bridgehead atoms. The van der Waals surface area contributed by atoms with Crippen molar-refractivity contribution in [1.82, 2.24) is 0 Å². The molecule has 0 aliphatic carbocycles. The molecule has 1 N–H and O–H groups in total. The topological polar surface area (TPSA) is 25.2 Å². The Bertz CT molecular complexity index is 842. The van der Waals surface area contributed by atoms with Crippen molar-refractivity contribution in [3.05, 3.63) is 74.9 Å². The molecule has 5 heteroatoms. The van der Waals surface area contributed by atoms with E-state index in [4.69, 9.17) is 39.2 Å². The maximum absolute atomic E-state index is 6.20. The number of furan rings is 1. The van der Waals surface area contributed by atoms with Crippen molar-refractivity contribution >= 4 is 40.5 Å². The third kappa shape index (κ3) is 3.84. The average molecular weight is 367 g/mol. The Morgan fingerprint density at radius 1 is 0.913 bits per heavy atom. The van der Waals surface area contributed by atoms with Gasteiger partial charge in [-0.25, -0.2) is 0 Å². The molecule has 0 aliphatic heterocycles. The summed E-state index contributed by atoms with van der Waals surface area (Å²) in [6.07, 6.45) is 0. The third-order valence-electron chi connectivity index (χ3n) is 3.50. The van der Waals surface area contributed by atoms with Crippen LogP contribution < -0.4 is 5.32 Å². The van der Waals surface area contributed by atoms with Crippen molar-refractivity contribution in [2.75, 3.05) is 5.32 Å². The van der Waals surface area contributed by atoms with Crippen LogP contribution in [-0.2, 0) is 6.54 Å². The van der Waals surface area contributed by atoms with E-state index in [1.54, 1.807) is 12.1 Å². The Labute approximate surface area is 150 Å². The maximum atomic E-state index is 6.20. The molecule has 2 aromatic carbocycles. The van der Waals surface area contributed by atoms with Crippen molar-refractivity contribution in [3.63, 3.8) is 0 Å². The zero-order valence-corrected chi connectivity index (χ0v) is 14.6. The summed E-state index contributed by atoms with van der Waals surface area (Å²) in [5.41, 5.74) is 2.82. The van der Waals surface area contributed by atoms with Crippen LogP contribution in [0.5, 0.6) is 0 Å². The first kappa shape index (κ1) is 16.3. The molecule has 1 heterocycles. The minimum atomic E-state index is 0.560. The number of benzene rings is 2. The van der Waals surface area contributed by atoms with Crippen molar-refractivity contribution in [3.8, 4) is 11.3 Å². The fourth-order valence-corrected chi connectivity index (χ4v) is 2.88. The molecule has 3 rings (SSSR count). The highest BCUT2D eigenvalue weighted by Gasteiger charge is 2.09. The molecule has 0 fully saturated rings. The number of hydrogen-bond acceptors (Lipinski definition) is 2. The molecule has 0 aliphatic rings. The summed E-state index contributed by atoms with van der Waals surface area (Å²) < 4.78 is 5.84. The predicted octanol–water partition coefficient (Wildman–Crippen LogP) is 6.83. The van der Waals surface area contributed by atoms with Gasteiger partial charge in [0.2, 0.25) is 0 Å². The zero-order valence-electron chi connectivity index (χ0n) is 12.4. The lowest BCUT2D eigenvalue weighted by molar-refractivity contribution is 0.531. The summed E-state index contributed by atoms with van der Waals surface area (Å²) in [4.78, 5) is 0. The van der Waals surface area contributed by atoms with E-state index in [0.29, 0.717) is 22.4 Å². The van der Waals surface area contributed by atoms with E-state index in [1.165, 1.54) is 0 Å². The summed E-state index contributed by atoms with van der Waals surface area (Å²) in [6, 6.07) is 15.0. The maximum Gasteiger partial charge on any atom is 0.135 e. The van der Waals surface area contributed by atoms with Crippen LogP contribution in [0.3, 0.4) is 0 Å². The molecule has 0 amide bonds. The van der Waals surface area contributed by atoms with Gasteiger partial charge < -0.3 is 9.73 Å². The second kappa shape index (κ2) is 6.88. The van der Waals surface area contributed by atoms with Gasteiger partial charge in [-0.2, -0.15) is 0 Å². The average Bonchev–Trinajstić information content (AvgIpc) is 2.97. The van der Waals surface area contributed by atoms with Crippen molar-refractivity contribution in [1.29, 1.82) is 0 Å². The van der Waals surface area contributed by atoms with Crippen LogP contribution in [0.2, 0.25) is 15.1 Å². The molecular weight excluding hydrogens is 353 g/mol. The normalized spacial score (nSPS) is 10.8. The van der Waals surface area contributed by atoms with Crippen LogP contribution in [-0.4, -0.2) is 0 Å². The van der Waals surface area contributed by atoms with E-state index in [9.17, 15) is 0 Å². The van der Waals surface area contributed by atoms with Crippen LogP contribution in [0.4, 0.5) is 5.69 Å². The summed E-state index contributed by atoms with van der Waals surface area (Å²) in [5.74, 6) is 1.52. The van der Waals surface area contributed by atoms with E-state index in [2.05, 4.69) is 5.32 Å². The van der Waals surface area contributed by atoms with Crippen LogP contribution >= 0.6 is 34.8 Å². The molecule has 0 saturated carbocycles. The zero-order chi connectivity index (χ0) is 16.4. The van der Waals surface area contributed by atoms with E-state index in [1.807, 2.05) is 43.3 Å². The summed E-state index contributed by atoms with van der Waals surface area (Å²) in [7, 11) is 0. The minimum Gasteiger partial charge on any atom is -0.459 e. The highest BCUT2D eigenvalue weighted by Crippen LogP contribution is 2.31. The molecule has 0 radical (unpaired) electrons. The van der Waals surface area contributed by atoms with Gasteiger partial charge >= 0.3 is 0 Å². The minimum absolute atomic E-state index is 0.560. The molecule has 3 aromatic rings. The van der Waals surface area contributed by atoms with Gasteiger partial charge in [0.25, 0.3) is 0 Å². The Kier molecular flexibility index (Phi) is 4.86. The Balaban J connectivity index is 1.73. The van der Waals surface area contributed by atoms with Gasteiger partial charge in [-0.1, -0.05) is 40.9 Å². The largest absolute Gasteiger partial charge is 0.459 e. The number of rotatable bonds is 4. The Hall–Kier alpha value is -1.61. The first-order valence-corrected chi connectivity index (χ1v) is 8.20. The number of hydrogen-bond donors (Lipinski definition) is 1. The fourth-order valence-electron chi connectivity index (χ4n) is 2.20. The van der Waals surface area contributed by atoms with E-state index in [0.717, 1.165) is 27.6 Å². The van der Waals surface area contributed by atoms with Crippen LogP contribution in [0.15, 0.2) is 52.9 Å². The standard InChI is InChI=1S/C18H14Cl3NO/c1-11-2-4-13(9-16(11)20)22-10-14-5-7-18(23-14)15-6-3-12(19)8-17(15)21/h2-9,22H,10H2,1H3. The first-order chi connectivity index (χ1) is 11.0. The highest BCUT2D eigenvalue weighted by atomic mass is 35.5. The summed E-state index contributed by atoms with van der Waals surface area (Å²) >= 11 is 18.2. The lowest BCUT2D eigenvalue weighted by atomic mass is 10.2. The molecule has 2 nitrogen and oxygen atoms in total. The van der Waals surface area contributed by atoms with Gasteiger partial charge in [0.1, 0.15) is 11.5 Å². The van der Waals surface area contributed by atoms with Gasteiger partial charge in [0.15, 0.2) is 0 Å². The number of aryl methyl sites for hydroxylation is 1. The SMILES string of the molecule is Cc1ccc(NCc2ccc(-c3ccc(Cl)cc3Cl)o2)cc1Cl. The molecular formula is C18H14Cl3NO. The number of halogens is 3. The van der Waals surface area contributed by atoms with E-state index >= 15 is 0 Å². The van der Waals surface area contributed by atoms with Gasteiger partial charge in [0.05, 0.1) is 11.6 Å². The molecule has 0 saturated heterocycles. The van der Waals surface area contributed by atoms with Crippen molar-refractivity contribution in [2.45, 2.75) is 13.5 Å². The monoisotopic (exact) mass is 365 g/mol. The molecule has 23 heavy (non-hydrogen) atoms. The van der Waals surface area contributed by atoms with Crippen molar-refractivity contribution in [2.24, 2.45) is 0 Å². The molecule has 0 unspecified atom stereocenters. The number of nitrogens with one attached hydrogen (secondary N) is 1. The summed E-state index contributed by atoms with van der Waals surface area (Å²) in [5, 5.41) is 5.19. The van der Waals surface area contributed by atoms with E-state index in [-0.39, 0.29) is 0 Å². The first-order valence-electron chi connectivity index (χ1n) is 7.07. The second-order valence-electron chi connectivity index (χ2n) is 5.21. The van der Waals surface area contributed by atoms with Crippen molar-refractivity contribution < 1.29 is 4.42 Å². The van der Waals surface area contributed by atoms with Crippen LogP contribution in [0.1, 0.15) is 11.3 Å². The van der Waals surface area contributed by atoms with E-state index < -0.39 is 0 Å².